The number of fused-ring (bicyclic) bond motifs is 1. The van der Waals surface area contributed by atoms with E-state index < -0.39 is 9.84 Å². The van der Waals surface area contributed by atoms with Crippen LogP contribution in [0.5, 0.6) is 17.2 Å². The molecule has 0 spiro atoms. The van der Waals surface area contributed by atoms with Crippen LogP contribution in [-0.2, 0) is 21.1 Å². The van der Waals surface area contributed by atoms with E-state index in [-0.39, 0.29) is 35.1 Å². The van der Waals surface area contributed by atoms with Gasteiger partial charge in [0, 0.05) is 10.9 Å². The van der Waals surface area contributed by atoms with Gasteiger partial charge in [0.25, 0.3) is 5.91 Å². The normalized spacial score (nSPS) is 22.3. The minimum absolute atomic E-state index is 0.00277. The zero-order valence-electron chi connectivity index (χ0n) is 18.3. The molecule has 0 bridgehead atoms. The Hall–Kier alpha value is -2.43. The van der Waals surface area contributed by atoms with E-state index in [2.05, 4.69) is 4.99 Å². The highest BCUT2D eigenvalue weighted by Gasteiger charge is 2.49. The molecule has 0 unspecified atom stereocenters. The Kier molecular flexibility index (Phi) is 6.78. The van der Waals surface area contributed by atoms with E-state index >= 15 is 0 Å². The second-order valence-corrected chi connectivity index (χ2v) is 11.4. The molecule has 2 aromatic carbocycles. The Balaban J connectivity index is 1.63. The third-order valence-corrected chi connectivity index (χ3v) is 9.01. The Morgan fingerprint density at radius 2 is 1.76 bits per heavy atom. The summed E-state index contributed by atoms with van der Waals surface area (Å²) in [6, 6.07) is 10.1. The number of amidine groups is 1. The topological polar surface area (TPSA) is 94.5 Å². The van der Waals surface area contributed by atoms with Crippen LogP contribution in [-0.4, -0.2) is 63.6 Å². The number of aliphatic imine (C=N–C) groups is 1. The highest BCUT2D eigenvalue weighted by atomic mass is 35.5. The van der Waals surface area contributed by atoms with Crippen molar-refractivity contribution < 1.29 is 27.4 Å². The first-order valence-corrected chi connectivity index (χ1v) is 13.1. The van der Waals surface area contributed by atoms with Crippen molar-refractivity contribution in [3.63, 3.8) is 0 Å². The SMILES string of the molecule is COc1ccc(N2C(=NC(=O)Cc3ccc(OC)c(OC)c3)S[C@H]3CS(=O)(=O)C[C@H]32)cc1Cl. The maximum atomic E-state index is 12.8. The van der Waals surface area contributed by atoms with Crippen LogP contribution in [0.25, 0.3) is 0 Å². The number of rotatable bonds is 6. The second-order valence-electron chi connectivity index (χ2n) is 7.64. The van der Waals surface area contributed by atoms with Crippen LogP contribution in [0.15, 0.2) is 41.4 Å². The smallest absolute Gasteiger partial charge is 0.252 e. The maximum Gasteiger partial charge on any atom is 0.252 e. The number of hydrogen-bond acceptors (Lipinski definition) is 7. The summed E-state index contributed by atoms with van der Waals surface area (Å²) in [7, 11) is 1.43. The number of nitrogens with zero attached hydrogens (tertiary/aromatic N) is 2. The zero-order valence-corrected chi connectivity index (χ0v) is 20.7. The molecule has 0 aromatic heterocycles. The Morgan fingerprint density at radius 1 is 1.06 bits per heavy atom. The number of hydrogen-bond donors (Lipinski definition) is 0. The summed E-state index contributed by atoms with van der Waals surface area (Å²) >= 11 is 7.63. The lowest BCUT2D eigenvalue weighted by atomic mass is 10.1. The molecule has 11 heteroatoms. The summed E-state index contributed by atoms with van der Waals surface area (Å²) in [6.07, 6.45) is 0.0647. The van der Waals surface area contributed by atoms with Crippen LogP contribution in [0.2, 0.25) is 5.02 Å². The molecule has 0 aliphatic carbocycles. The van der Waals surface area contributed by atoms with Gasteiger partial charge in [0.1, 0.15) is 5.75 Å². The van der Waals surface area contributed by atoms with Gasteiger partial charge in [-0.1, -0.05) is 29.4 Å². The van der Waals surface area contributed by atoms with Gasteiger partial charge in [-0.3, -0.25) is 4.79 Å². The fraction of sp³-hybridized carbons (Fsp3) is 0.364. The summed E-state index contributed by atoms with van der Waals surface area (Å²) in [5.41, 5.74) is 1.39. The number of carbonyl (C=O) groups excluding carboxylic acids is 1. The van der Waals surface area contributed by atoms with E-state index in [9.17, 15) is 13.2 Å². The molecule has 2 heterocycles. The van der Waals surface area contributed by atoms with Gasteiger partial charge in [0.15, 0.2) is 26.5 Å². The van der Waals surface area contributed by atoms with Crippen molar-refractivity contribution in [2.24, 2.45) is 4.99 Å². The van der Waals surface area contributed by atoms with Gasteiger partial charge in [-0.25, -0.2) is 8.42 Å². The van der Waals surface area contributed by atoms with Gasteiger partial charge in [-0.2, -0.15) is 4.99 Å². The molecule has 1 amide bonds. The number of anilines is 1. The molecule has 2 aliphatic heterocycles. The molecule has 176 valence electrons. The van der Waals surface area contributed by atoms with Crippen LogP contribution in [0.4, 0.5) is 5.69 Å². The van der Waals surface area contributed by atoms with Gasteiger partial charge in [0.05, 0.1) is 50.3 Å². The second kappa shape index (κ2) is 9.44. The molecule has 2 saturated heterocycles. The van der Waals surface area contributed by atoms with Gasteiger partial charge in [-0.05, 0) is 35.9 Å². The molecule has 4 rings (SSSR count). The first-order chi connectivity index (χ1) is 15.7. The van der Waals surface area contributed by atoms with E-state index in [0.29, 0.717) is 33.1 Å². The van der Waals surface area contributed by atoms with Crippen LogP contribution in [0, 0.1) is 0 Å². The van der Waals surface area contributed by atoms with Gasteiger partial charge in [0.2, 0.25) is 0 Å². The average molecular weight is 511 g/mol. The summed E-state index contributed by atoms with van der Waals surface area (Å²) in [5, 5.41) is 0.649. The van der Waals surface area contributed by atoms with E-state index in [1.807, 2.05) is 0 Å². The Bertz CT molecular complexity index is 1220. The zero-order chi connectivity index (χ0) is 23.8. The molecule has 2 aromatic rings. The molecule has 0 radical (unpaired) electrons. The first kappa shape index (κ1) is 23.7. The van der Waals surface area contributed by atoms with Crippen LogP contribution in [0.3, 0.4) is 0 Å². The average Bonchev–Trinajstić information content (AvgIpc) is 3.23. The van der Waals surface area contributed by atoms with Gasteiger partial charge < -0.3 is 19.1 Å². The summed E-state index contributed by atoms with van der Waals surface area (Å²) in [4.78, 5) is 19.0. The van der Waals surface area contributed by atoms with E-state index in [4.69, 9.17) is 25.8 Å². The lowest BCUT2D eigenvalue weighted by molar-refractivity contribution is -0.117. The summed E-state index contributed by atoms with van der Waals surface area (Å²) in [6.45, 7) is 0. The molecule has 2 aliphatic rings. The predicted molar refractivity (Wildman–Crippen MR) is 130 cm³/mol. The largest absolute Gasteiger partial charge is 0.495 e. The number of amides is 1. The Morgan fingerprint density at radius 3 is 2.42 bits per heavy atom. The highest BCUT2D eigenvalue weighted by molar-refractivity contribution is 8.16. The minimum atomic E-state index is -3.17. The number of carbonyl (C=O) groups is 1. The molecule has 2 fully saturated rings. The third kappa shape index (κ3) is 4.92. The number of thioether (sulfide) groups is 1. The van der Waals surface area contributed by atoms with Crippen molar-refractivity contribution in [2.45, 2.75) is 17.7 Å². The number of ether oxygens (including phenoxy) is 3. The van der Waals surface area contributed by atoms with E-state index in [0.717, 1.165) is 5.56 Å². The number of sulfone groups is 1. The fourth-order valence-electron chi connectivity index (χ4n) is 3.98. The first-order valence-electron chi connectivity index (χ1n) is 10.1. The number of benzene rings is 2. The molecule has 8 nitrogen and oxygen atoms in total. The quantitative estimate of drug-likeness (QED) is 0.584. The van der Waals surface area contributed by atoms with Gasteiger partial charge >= 0.3 is 0 Å². The lowest BCUT2D eigenvalue weighted by Gasteiger charge is -2.25. The van der Waals surface area contributed by atoms with Crippen LogP contribution in [0.1, 0.15) is 5.56 Å². The maximum absolute atomic E-state index is 12.8. The fourth-order valence-corrected chi connectivity index (χ4v) is 8.17. The molecule has 33 heavy (non-hydrogen) atoms. The number of halogens is 1. The van der Waals surface area contributed by atoms with Gasteiger partial charge in [-0.15, -0.1) is 0 Å². The standard InChI is InChI=1S/C22H23ClN2O6S2/c1-29-17-7-5-14(10-15(17)23)25-16-11-33(27,28)12-20(16)32-22(25)24-21(26)9-13-4-6-18(30-2)19(8-13)31-3/h4-8,10,16,20H,9,11-12H2,1-3H3/t16-,20+/m1/s1. The van der Waals surface area contributed by atoms with Crippen molar-refractivity contribution in [1.29, 1.82) is 0 Å². The van der Waals surface area contributed by atoms with Crippen molar-refractivity contribution in [2.75, 3.05) is 37.7 Å². The van der Waals surface area contributed by atoms with Crippen molar-refractivity contribution >= 4 is 50.0 Å². The van der Waals surface area contributed by atoms with Crippen molar-refractivity contribution in [3.8, 4) is 17.2 Å². The lowest BCUT2D eigenvalue weighted by Crippen LogP contribution is -2.37. The molecule has 0 N–H and O–H groups in total. The third-order valence-electron chi connectivity index (χ3n) is 5.50. The summed E-state index contributed by atoms with van der Waals surface area (Å²) in [5.74, 6) is 1.30. The Labute approximate surface area is 201 Å². The molecular formula is C22H23ClN2O6S2. The monoisotopic (exact) mass is 510 g/mol. The highest BCUT2D eigenvalue weighted by Crippen LogP contribution is 2.42. The van der Waals surface area contributed by atoms with Crippen LogP contribution < -0.4 is 19.1 Å². The number of methoxy groups -OCH3 is 3. The molecular weight excluding hydrogens is 488 g/mol. The van der Waals surface area contributed by atoms with Crippen molar-refractivity contribution in [1.82, 2.24) is 0 Å². The molecule has 0 saturated carbocycles. The van der Waals surface area contributed by atoms with E-state index in [1.165, 1.54) is 26.0 Å². The van der Waals surface area contributed by atoms with E-state index in [1.54, 1.807) is 48.4 Å². The van der Waals surface area contributed by atoms with Crippen molar-refractivity contribution in [3.05, 3.63) is 47.0 Å². The predicted octanol–water partition coefficient (Wildman–Crippen LogP) is 3.21. The summed E-state index contributed by atoms with van der Waals surface area (Å²) < 4.78 is 40.3. The van der Waals surface area contributed by atoms with Crippen LogP contribution >= 0.6 is 23.4 Å². The molecule has 2 atom stereocenters. The minimum Gasteiger partial charge on any atom is -0.495 e.